The van der Waals surface area contributed by atoms with Crippen LogP contribution in [0.1, 0.15) is 56.2 Å². The first-order valence-electron chi connectivity index (χ1n) is 17.3. The maximum atomic E-state index is 8.70. The maximum absolute atomic E-state index is 8.70. The third-order valence-corrected chi connectivity index (χ3v) is 83.8. The average molecular weight is 804 g/mol. The van der Waals surface area contributed by atoms with E-state index in [-0.39, 0.29) is 7.25 Å². The summed E-state index contributed by atoms with van der Waals surface area (Å²) in [6.07, 6.45) is 6.86. The summed E-state index contributed by atoms with van der Waals surface area (Å²) in [6.45, 7) is 4.60. The first-order valence-corrected chi connectivity index (χ1v) is 38.1. The molecule has 0 bridgehead atoms. The van der Waals surface area contributed by atoms with Crippen molar-refractivity contribution in [1.82, 2.24) is 0 Å². The van der Waals surface area contributed by atoms with E-state index >= 15 is 0 Å². The second kappa shape index (κ2) is 12.3. The molecule has 238 valence electrons. The van der Waals surface area contributed by atoms with Gasteiger partial charge in [0.05, 0.1) is 0 Å². The summed E-state index contributed by atoms with van der Waals surface area (Å²) in [5.74, 6) is 4.95. The first-order chi connectivity index (χ1) is 23.3. The van der Waals surface area contributed by atoms with Crippen LogP contribution >= 0.6 is 17.0 Å². The molecule has 48 heavy (non-hydrogen) atoms. The Morgan fingerprint density at radius 1 is 0.500 bits per heavy atom. The Kier molecular flexibility index (Phi) is 8.32. The van der Waals surface area contributed by atoms with Gasteiger partial charge in [0.15, 0.2) is 0 Å². The zero-order chi connectivity index (χ0) is 33.2. The van der Waals surface area contributed by atoms with Gasteiger partial charge in [-0.05, 0) is 0 Å². The SMILES string of the molecule is CCC1=Cc2c(-c3cccc4ccccc34)cccc2[CH]1[Zr]([Cl])([Cl])([CH]1C(CC)=Cc2c(-c3cccc4ccccc34)cccc21)=[Ge]([CH3])[CH3]. The molecule has 6 aromatic rings. The molecule has 4 heteroatoms. The summed E-state index contributed by atoms with van der Waals surface area (Å²) >= 11 is -4.82. The monoisotopic (exact) mass is 802 g/mol. The number of rotatable bonds is 6. The molecule has 2 aliphatic carbocycles. The van der Waals surface area contributed by atoms with Crippen LogP contribution in [0.25, 0.3) is 56.0 Å². The van der Waals surface area contributed by atoms with E-state index in [0.29, 0.717) is 0 Å². The van der Waals surface area contributed by atoms with Gasteiger partial charge in [0.1, 0.15) is 0 Å². The fourth-order valence-electron chi connectivity index (χ4n) is 8.93. The average Bonchev–Trinajstić information content (AvgIpc) is 3.71. The Bertz CT molecular complexity index is 2250. The van der Waals surface area contributed by atoms with Crippen molar-refractivity contribution in [2.24, 2.45) is 0 Å². The molecule has 0 aliphatic heterocycles. The molecule has 0 radical (unpaired) electrons. The molecule has 6 aromatic carbocycles. The number of benzene rings is 6. The van der Waals surface area contributed by atoms with Crippen molar-refractivity contribution >= 4 is 60.7 Å². The van der Waals surface area contributed by atoms with Gasteiger partial charge < -0.3 is 0 Å². The van der Waals surface area contributed by atoms with Crippen molar-refractivity contribution in [3.05, 3.63) is 155 Å². The van der Waals surface area contributed by atoms with E-state index in [0.717, 1.165) is 12.8 Å². The van der Waals surface area contributed by atoms with Crippen molar-refractivity contribution in [2.75, 3.05) is 0 Å². The minimum atomic E-state index is -4.82. The van der Waals surface area contributed by atoms with Crippen molar-refractivity contribution in [3.8, 4) is 22.3 Å². The molecule has 2 atom stereocenters. The Morgan fingerprint density at radius 3 is 1.29 bits per heavy atom. The fraction of sp³-hybridized carbons (Fsp3) is 0.182. The van der Waals surface area contributed by atoms with E-state index in [9.17, 15) is 0 Å². The van der Waals surface area contributed by atoms with Crippen LogP contribution in [0.3, 0.4) is 0 Å². The molecule has 0 nitrogen and oxygen atoms in total. The third kappa shape index (κ3) is 4.79. The van der Waals surface area contributed by atoms with Gasteiger partial charge in [-0.25, -0.2) is 0 Å². The van der Waals surface area contributed by atoms with Crippen molar-refractivity contribution in [3.63, 3.8) is 0 Å². The van der Waals surface area contributed by atoms with E-state index in [1.54, 1.807) is 0 Å². The first kappa shape index (κ1) is 32.5. The second-order valence-corrected chi connectivity index (χ2v) is 71.3. The summed E-state index contributed by atoms with van der Waals surface area (Å²) in [6, 6.07) is 44.6. The summed E-state index contributed by atoms with van der Waals surface area (Å²) in [5, 5.41) is 5.10. The van der Waals surface area contributed by atoms with Gasteiger partial charge in [0, 0.05) is 0 Å². The van der Waals surface area contributed by atoms with Crippen LogP contribution in [-0.4, -0.2) is 9.98 Å². The van der Waals surface area contributed by atoms with Crippen LogP contribution in [0.5, 0.6) is 0 Å². The quantitative estimate of drug-likeness (QED) is 0.147. The summed E-state index contributed by atoms with van der Waals surface area (Å²) in [7, 11) is 15.4. The molecule has 2 unspecified atom stereocenters. The summed E-state index contributed by atoms with van der Waals surface area (Å²) < 4.78 is 0.198. The van der Waals surface area contributed by atoms with E-state index in [2.05, 4.69) is 159 Å². The zero-order valence-corrected chi connectivity index (χ0v) is 34.1. The van der Waals surface area contributed by atoms with Gasteiger partial charge in [0.25, 0.3) is 0 Å². The van der Waals surface area contributed by atoms with Crippen LogP contribution in [0.4, 0.5) is 0 Å². The molecule has 0 heterocycles. The van der Waals surface area contributed by atoms with E-state index < -0.39 is 23.3 Å². The molecule has 0 aromatic heterocycles. The van der Waals surface area contributed by atoms with Crippen molar-refractivity contribution in [2.45, 2.75) is 45.5 Å². The van der Waals surface area contributed by atoms with Crippen LogP contribution in [0.15, 0.2) is 132 Å². The second-order valence-electron chi connectivity index (χ2n) is 13.8. The molecular weight excluding hydrogens is 763 g/mol. The third-order valence-electron chi connectivity index (χ3n) is 11.3. The van der Waals surface area contributed by atoms with E-state index in [1.807, 2.05) is 0 Å². The van der Waals surface area contributed by atoms with Crippen molar-refractivity contribution < 1.29 is 13.3 Å². The standard InChI is InChI=1S/2C21H17.C2H6Ge.2ClH.Zr/c2*1-2-15-13-17-9-6-12-20(21(17)14-15)19-11-5-8-16-7-3-4-10-18(16)19;1-3-2;;;/h2*3-14H,2H2,1H3;1-2H3;2*1H;/q;;;;;+2/p-2. The number of hydrogen-bond donors (Lipinski definition) is 0. The Balaban J connectivity index is 1.36. The van der Waals surface area contributed by atoms with Crippen LogP contribution in [0.2, 0.25) is 11.5 Å². The molecule has 0 saturated carbocycles. The van der Waals surface area contributed by atoms with Crippen LogP contribution < -0.4 is 0 Å². The number of hydrogen-bond acceptors (Lipinski definition) is 0. The molecule has 2 aliphatic rings. The predicted molar refractivity (Wildman–Crippen MR) is 210 cm³/mol. The van der Waals surface area contributed by atoms with E-state index in [1.165, 1.54) is 77.2 Å². The summed E-state index contributed by atoms with van der Waals surface area (Å²) in [4.78, 5) is 0. The predicted octanol–water partition coefficient (Wildman–Crippen LogP) is 14.0. The van der Waals surface area contributed by atoms with Crippen LogP contribution in [0, 0.1) is 0 Å². The molecule has 0 spiro atoms. The van der Waals surface area contributed by atoms with Gasteiger partial charge >= 0.3 is 296 Å². The molecule has 8 rings (SSSR count). The van der Waals surface area contributed by atoms with Crippen molar-refractivity contribution in [1.29, 1.82) is 0 Å². The van der Waals surface area contributed by atoms with Gasteiger partial charge in [-0.15, -0.1) is 0 Å². The van der Waals surface area contributed by atoms with Gasteiger partial charge in [-0.3, -0.25) is 0 Å². The normalized spacial score (nSPS) is 17.3. The van der Waals surface area contributed by atoms with Gasteiger partial charge in [-0.1, -0.05) is 0 Å². The Labute approximate surface area is 293 Å². The van der Waals surface area contributed by atoms with Crippen LogP contribution in [-0.2, 0) is 13.3 Å². The molecular formula is C44H40Cl2GeZr. The molecule has 0 fully saturated rings. The number of halogens is 2. The minimum absolute atomic E-state index is 0.0989. The Hall–Kier alpha value is -2.67. The molecule has 0 amide bonds. The number of allylic oxidation sites excluding steroid dienone is 2. The van der Waals surface area contributed by atoms with Gasteiger partial charge in [-0.2, -0.15) is 0 Å². The summed E-state index contributed by atoms with van der Waals surface area (Å²) in [5.41, 5.74) is 13.3. The Morgan fingerprint density at radius 2 is 0.875 bits per heavy atom. The zero-order valence-electron chi connectivity index (χ0n) is 28.0. The number of fused-ring (bicyclic) bond motifs is 4. The molecule has 0 saturated heterocycles. The van der Waals surface area contributed by atoms with Gasteiger partial charge in [0.2, 0.25) is 0 Å². The fourth-order valence-corrected chi connectivity index (χ4v) is 50.3. The van der Waals surface area contributed by atoms with E-state index in [4.69, 9.17) is 17.0 Å². The molecule has 0 N–H and O–H groups in total. The topological polar surface area (TPSA) is 0 Å².